The van der Waals surface area contributed by atoms with E-state index >= 15 is 0 Å². The van der Waals surface area contributed by atoms with Gasteiger partial charge in [0.15, 0.2) is 0 Å². The van der Waals surface area contributed by atoms with Gasteiger partial charge in [0, 0.05) is 18.5 Å². The van der Waals surface area contributed by atoms with Gasteiger partial charge in [0.1, 0.15) is 6.04 Å². The molecular weight excluding hydrogens is 274 g/mol. The van der Waals surface area contributed by atoms with Gasteiger partial charge in [-0.15, -0.1) is 0 Å². The van der Waals surface area contributed by atoms with Crippen molar-refractivity contribution in [1.29, 1.82) is 0 Å². The second-order valence-electron chi connectivity index (χ2n) is 6.69. The number of amides is 1. The predicted octanol–water partition coefficient (Wildman–Crippen LogP) is 2.67. The van der Waals surface area contributed by atoms with Gasteiger partial charge in [0.25, 0.3) is 5.92 Å². The van der Waals surface area contributed by atoms with Gasteiger partial charge < -0.3 is 5.32 Å². The SMILES string of the molecule is CC(C)(C)C(=O)NC1CN(Cc2ccccc2)CC1(F)F. The number of rotatable bonds is 3. The molecule has 1 heterocycles. The van der Waals surface area contributed by atoms with E-state index in [1.165, 1.54) is 0 Å². The number of hydrogen-bond donors (Lipinski definition) is 1. The monoisotopic (exact) mass is 296 g/mol. The molecule has 1 unspecified atom stereocenters. The van der Waals surface area contributed by atoms with Crippen molar-refractivity contribution in [3.8, 4) is 0 Å². The van der Waals surface area contributed by atoms with Crippen LogP contribution in [0.15, 0.2) is 30.3 Å². The van der Waals surface area contributed by atoms with E-state index in [-0.39, 0.29) is 19.0 Å². The lowest BCUT2D eigenvalue weighted by atomic mass is 9.95. The molecule has 0 aromatic heterocycles. The Hall–Kier alpha value is -1.49. The van der Waals surface area contributed by atoms with Gasteiger partial charge in [0.2, 0.25) is 5.91 Å². The molecule has 5 heteroatoms. The summed E-state index contributed by atoms with van der Waals surface area (Å²) >= 11 is 0. The Morgan fingerprint density at radius 1 is 1.33 bits per heavy atom. The van der Waals surface area contributed by atoms with Crippen molar-refractivity contribution in [2.75, 3.05) is 13.1 Å². The Morgan fingerprint density at radius 2 is 1.95 bits per heavy atom. The van der Waals surface area contributed by atoms with Crippen LogP contribution >= 0.6 is 0 Å². The molecule has 1 fully saturated rings. The third-order valence-corrected chi connectivity index (χ3v) is 3.62. The summed E-state index contributed by atoms with van der Waals surface area (Å²) in [6.07, 6.45) is 0. The van der Waals surface area contributed by atoms with Crippen LogP contribution in [0.5, 0.6) is 0 Å². The van der Waals surface area contributed by atoms with E-state index in [4.69, 9.17) is 0 Å². The molecule has 2 rings (SSSR count). The average molecular weight is 296 g/mol. The number of likely N-dealkylation sites (tertiary alicyclic amines) is 1. The van der Waals surface area contributed by atoms with Gasteiger partial charge in [-0.25, -0.2) is 8.78 Å². The highest BCUT2D eigenvalue weighted by Crippen LogP contribution is 2.29. The van der Waals surface area contributed by atoms with Crippen molar-refractivity contribution >= 4 is 5.91 Å². The van der Waals surface area contributed by atoms with E-state index in [9.17, 15) is 13.6 Å². The van der Waals surface area contributed by atoms with E-state index in [2.05, 4.69) is 5.32 Å². The summed E-state index contributed by atoms with van der Waals surface area (Å²) in [6, 6.07) is 8.39. The van der Waals surface area contributed by atoms with Crippen molar-refractivity contribution in [3.05, 3.63) is 35.9 Å². The molecule has 0 radical (unpaired) electrons. The third-order valence-electron chi connectivity index (χ3n) is 3.62. The van der Waals surface area contributed by atoms with Crippen LogP contribution in [-0.4, -0.2) is 35.9 Å². The van der Waals surface area contributed by atoms with Crippen LogP contribution in [0, 0.1) is 5.41 Å². The van der Waals surface area contributed by atoms with E-state index in [0.717, 1.165) is 5.56 Å². The molecule has 1 aliphatic rings. The normalized spacial score (nSPS) is 22.2. The molecule has 3 nitrogen and oxygen atoms in total. The van der Waals surface area contributed by atoms with Crippen molar-refractivity contribution in [2.45, 2.75) is 39.3 Å². The van der Waals surface area contributed by atoms with E-state index in [1.807, 2.05) is 30.3 Å². The summed E-state index contributed by atoms with van der Waals surface area (Å²) in [5, 5.41) is 2.49. The molecular formula is C16H22F2N2O. The maximum Gasteiger partial charge on any atom is 0.281 e. The Kier molecular flexibility index (Phi) is 4.33. The minimum absolute atomic E-state index is 0.170. The summed E-state index contributed by atoms with van der Waals surface area (Å²) in [5.41, 5.74) is 0.333. The maximum absolute atomic E-state index is 14.1. The number of alkyl halides is 2. The van der Waals surface area contributed by atoms with Crippen LogP contribution in [0.4, 0.5) is 8.78 Å². The molecule has 0 spiro atoms. The van der Waals surface area contributed by atoms with Gasteiger partial charge in [-0.1, -0.05) is 51.1 Å². The molecule has 21 heavy (non-hydrogen) atoms. The lowest BCUT2D eigenvalue weighted by Gasteiger charge is -2.24. The van der Waals surface area contributed by atoms with E-state index < -0.39 is 17.4 Å². The lowest BCUT2D eigenvalue weighted by molar-refractivity contribution is -0.131. The van der Waals surface area contributed by atoms with Crippen molar-refractivity contribution in [3.63, 3.8) is 0 Å². The Labute approximate surface area is 124 Å². The fourth-order valence-corrected chi connectivity index (χ4v) is 2.35. The van der Waals surface area contributed by atoms with Crippen LogP contribution < -0.4 is 5.32 Å². The Balaban J connectivity index is 2.00. The van der Waals surface area contributed by atoms with Crippen molar-refractivity contribution in [1.82, 2.24) is 10.2 Å². The average Bonchev–Trinajstić information content (AvgIpc) is 2.64. The minimum atomic E-state index is -2.89. The summed E-state index contributed by atoms with van der Waals surface area (Å²) in [4.78, 5) is 13.6. The molecule has 1 amide bonds. The second-order valence-corrected chi connectivity index (χ2v) is 6.69. The molecule has 1 aliphatic heterocycles. The first-order valence-corrected chi connectivity index (χ1v) is 7.13. The van der Waals surface area contributed by atoms with Crippen molar-refractivity contribution < 1.29 is 13.6 Å². The second kappa shape index (κ2) is 5.72. The van der Waals surface area contributed by atoms with Crippen LogP contribution in [0.1, 0.15) is 26.3 Å². The molecule has 1 aromatic carbocycles. The fourth-order valence-electron chi connectivity index (χ4n) is 2.35. The summed E-state index contributed by atoms with van der Waals surface area (Å²) < 4.78 is 28.1. The Morgan fingerprint density at radius 3 is 2.52 bits per heavy atom. The molecule has 1 atom stereocenters. The molecule has 116 valence electrons. The third kappa shape index (κ3) is 4.00. The fraction of sp³-hybridized carbons (Fsp3) is 0.562. The zero-order valence-corrected chi connectivity index (χ0v) is 12.7. The van der Waals surface area contributed by atoms with Gasteiger partial charge in [0.05, 0.1) is 6.54 Å². The van der Waals surface area contributed by atoms with Crippen molar-refractivity contribution in [2.24, 2.45) is 5.41 Å². The molecule has 0 saturated carbocycles. The first kappa shape index (κ1) is 15.9. The van der Waals surface area contributed by atoms with E-state index in [1.54, 1.807) is 25.7 Å². The number of halogens is 2. The summed E-state index contributed by atoms with van der Waals surface area (Å²) in [5.74, 6) is -3.23. The number of nitrogens with one attached hydrogen (secondary N) is 1. The number of carbonyl (C=O) groups is 1. The zero-order valence-electron chi connectivity index (χ0n) is 12.7. The molecule has 0 aliphatic carbocycles. The van der Waals surface area contributed by atoms with E-state index in [0.29, 0.717) is 6.54 Å². The smallest absolute Gasteiger partial charge is 0.281 e. The van der Waals surface area contributed by atoms with Gasteiger partial charge in [-0.05, 0) is 5.56 Å². The topological polar surface area (TPSA) is 32.3 Å². The van der Waals surface area contributed by atoms with Gasteiger partial charge in [-0.3, -0.25) is 9.69 Å². The summed E-state index contributed by atoms with van der Waals surface area (Å²) in [6.45, 7) is 5.48. The lowest BCUT2D eigenvalue weighted by Crippen LogP contribution is -2.50. The van der Waals surface area contributed by atoms with Crippen LogP contribution in [-0.2, 0) is 11.3 Å². The highest BCUT2D eigenvalue weighted by molar-refractivity contribution is 5.81. The molecule has 1 N–H and O–H groups in total. The largest absolute Gasteiger partial charge is 0.345 e. The maximum atomic E-state index is 14.1. The molecule has 0 bridgehead atoms. The van der Waals surface area contributed by atoms with Gasteiger partial charge in [-0.2, -0.15) is 0 Å². The molecule has 1 aromatic rings. The van der Waals surface area contributed by atoms with Crippen LogP contribution in [0.3, 0.4) is 0 Å². The Bertz CT molecular complexity index is 497. The first-order valence-electron chi connectivity index (χ1n) is 7.13. The van der Waals surface area contributed by atoms with Gasteiger partial charge >= 0.3 is 0 Å². The summed E-state index contributed by atoms with van der Waals surface area (Å²) in [7, 11) is 0. The first-order chi connectivity index (χ1) is 9.68. The molecule has 1 saturated heterocycles. The number of nitrogens with zero attached hydrogens (tertiary/aromatic N) is 1. The number of carbonyl (C=O) groups excluding carboxylic acids is 1. The highest BCUT2D eigenvalue weighted by Gasteiger charge is 2.49. The van der Waals surface area contributed by atoms with Crippen LogP contribution in [0.25, 0.3) is 0 Å². The number of hydrogen-bond acceptors (Lipinski definition) is 2. The zero-order chi connectivity index (χ0) is 15.7. The quantitative estimate of drug-likeness (QED) is 0.930. The predicted molar refractivity (Wildman–Crippen MR) is 78.1 cm³/mol. The minimum Gasteiger partial charge on any atom is -0.345 e. The standard InChI is InChI=1S/C16H22F2N2O/c1-15(2,3)14(21)19-13-10-20(11-16(13,17)18)9-12-7-5-4-6-8-12/h4-8,13H,9-11H2,1-3H3,(H,19,21). The highest BCUT2D eigenvalue weighted by atomic mass is 19.3. The van der Waals surface area contributed by atoms with Crippen LogP contribution in [0.2, 0.25) is 0 Å². The number of benzene rings is 1.